The summed E-state index contributed by atoms with van der Waals surface area (Å²) >= 11 is 0. The van der Waals surface area contributed by atoms with Gasteiger partial charge in [0.05, 0.1) is 18.7 Å². The second kappa shape index (κ2) is 5.32. The molecule has 0 spiro atoms. The molecule has 0 saturated heterocycles. The van der Waals surface area contributed by atoms with Crippen LogP contribution in [-0.4, -0.2) is 32.0 Å². The van der Waals surface area contributed by atoms with Crippen LogP contribution >= 0.6 is 0 Å². The van der Waals surface area contributed by atoms with E-state index in [0.717, 1.165) is 0 Å². The van der Waals surface area contributed by atoms with Crippen LogP contribution < -0.4 is 5.32 Å². The smallest absolute Gasteiger partial charge is 0.374 e. The number of carboxylic acid groups (broad SMARTS) is 1. The van der Waals surface area contributed by atoms with Gasteiger partial charge in [-0.25, -0.2) is 28.5 Å². The van der Waals surface area contributed by atoms with Gasteiger partial charge < -0.3 is 14.8 Å². The van der Waals surface area contributed by atoms with Crippen molar-refractivity contribution < 1.29 is 23.1 Å². The molecule has 1 aliphatic carbocycles. The van der Waals surface area contributed by atoms with E-state index in [2.05, 4.69) is 20.3 Å². The largest absolute Gasteiger partial charge is 0.475 e. The average molecular weight is 310 g/mol. The van der Waals surface area contributed by atoms with Gasteiger partial charge in [0.25, 0.3) is 5.92 Å². The Morgan fingerprint density at radius 1 is 1.45 bits per heavy atom. The highest BCUT2D eigenvalue weighted by Crippen LogP contribution is 2.33. The standard InChI is InChI=1S/C13H12F2N4O3/c14-13(15)3-1-8-7(5-13)18-10(22-8)6-17-9-2-4-16-11(19-9)12(20)21/h2,4H,1,3,5-6H2,(H,20,21)(H,16,17,19). The molecule has 0 bridgehead atoms. The number of hydrogen-bond donors (Lipinski definition) is 2. The van der Waals surface area contributed by atoms with Gasteiger partial charge in [0.15, 0.2) is 0 Å². The summed E-state index contributed by atoms with van der Waals surface area (Å²) in [6.07, 6.45) is 0.810. The molecule has 0 atom stereocenters. The Morgan fingerprint density at radius 2 is 2.27 bits per heavy atom. The van der Waals surface area contributed by atoms with E-state index in [4.69, 9.17) is 9.52 Å². The topological polar surface area (TPSA) is 101 Å². The van der Waals surface area contributed by atoms with Crippen LogP contribution in [0.4, 0.5) is 14.6 Å². The highest BCUT2D eigenvalue weighted by molar-refractivity contribution is 5.83. The number of halogens is 2. The maximum Gasteiger partial charge on any atom is 0.374 e. The van der Waals surface area contributed by atoms with Crippen molar-refractivity contribution in [2.45, 2.75) is 31.7 Å². The Morgan fingerprint density at radius 3 is 3.05 bits per heavy atom. The first kappa shape index (κ1) is 14.4. The van der Waals surface area contributed by atoms with Crippen LogP contribution in [0.1, 0.15) is 34.4 Å². The van der Waals surface area contributed by atoms with Gasteiger partial charge in [0.1, 0.15) is 11.6 Å². The van der Waals surface area contributed by atoms with Crippen molar-refractivity contribution in [3.63, 3.8) is 0 Å². The molecule has 0 aromatic carbocycles. The van der Waals surface area contributed by atoms with E-state index < -0.39 is 18.3 Å². The van der Waals surface area contributed by atoms with Gasteiger partial charge >= 0.3 is 5.97 Å². The van der Waals surface area contributed by atoms with Crippen LogP contribution in [0, 0.1) is 0 Å². The molecule has 0 radical (unpaired) electrons. The summed E-state index contributed by atoms with van der Waals surface area (Å²) in [5.74, 6) is -3.28. The molecular formula is C13H12F2N4O3. The third kappa shape index (κ3) is 3.02. The lowest BCUT2D eigenvalue weighted by Crippen LogP contribution is -2.25. The molecule has 3 rings (SSSR count). The monoisotopic (exact) mass is 310 g/mol. The lowest BCUT2D eigenvalue weighted by molar-refractivity contribution is -0.0152. The Hall–Kier alpha value is -2.58. The molecule has 0 fully saturated rings. The van der Waals surface area contributed by atoms with Crippen molar-refractivity contribution in [2.24, 2.45) is 0 Å². The van der Waals surface area contributed by atoms with E-state index in [1.165, 1.54) is 12.3 Å². The van der Waals surface area contributed by atoms with Gasteiger partial charge in [-0.15, -0.1) is 0 Å². The van der Waals surface area contributed by atoms with Crippen LogP contribution in [0.25, 0.3) is 0 Å². The number of alkyl halides is 2. The normalized spacial score (nSPS) is 16.1. The minimum absolute atomic E-state index is 0.120. The van der Waals surface area contributed by atoms with Crippen molar-refractivity contribution in [1.82, 2.24) is 15.0 Å². The summed E-state index contributed by atoms with van der Waals surface area (Å²) in [7, 11) is 0. The van der Waals surface area contributed by atoms with Crippen molar-refractivity contribution in [1.29, 1.82) is 0 Å². The number of rotatable bonds is 4. The van der Waals surface area contributed by atoms with Crippen LogP contribution in [-0.2, 0) is 19.4 Å². The molecule has 2 N–H and O–H groups in total. The highest BCUT2D eigenvalue weighted by atomic mass is 19.3. The molecule has 2 aromatic heterocycles. The Kier molecular flexibility index (Phi) is 3.47. The first-order valence-electron chi connectivity index (χ1n) is 6.58. The van der Waals surface area contributed by atoms with Crippen molar-refractivity contribution in [3.05, 3.63) is 35.4 Å². The number of carbonyl (C=O) groups is 1. The predicted octanol–water partition coefficient (Wildman–Crippen LogP) is 1.90. The zero-order valence-electron chi connectivity index (χ0n) is 11.3. The molecule has 0 aliphatic heterocycles. The van der Waals surface area contributed by atoms with Crippen molar-refractivity contribution in [3.8, 4) is 0 Å². The fraction of sp³-hybridized carbons (Fsp3) is 0.385. The molecule has 22 heavy (non-hydrogen) atoms. The second-order valence-electron chi connectivity index (χ2n) is 4.93. The zero-order chi connectivity index (χ0) is 15.7. The molecule has 116 valence electrons. The van der Waals surface area contributed by atoms with Gasteiger partial charge in [-0.2, -0.15) is 0 Å². The van der Waals surface area contributed by atoms with E-state index in [1.807, 2.05) is 0 Å². The molecule has 0 saturated carbocycles. The highest BCUT2D eigenvalue weighted by Gasteiger charge is 2.37. The molecule has 7 nitrogen and oxygen atoms in total. The number of anilines is 1. The molecule has 0 unspecified atom stereocenters. The Bertz CT molecular complexity index is 717. The van der Waals surface area contributed by atoms with Gasteiger partial charge in [0, 0.05) is 19.0 Å². The lowest BCUT2D eigenvalue weighted by Gasteiger charge is -2.18. The summed E-state index contributed by atoms with van der Waals surface area (Å²) in [5.41, 5.74) is 0.280. The summed E-state index contributed by atoms with van der Waals surface area (Å²) in [6.45, 7) is 0.120. The third-order valence-electron chi connectivity index (χ3n) is 3.23. The number of aromatic carboxylic acids is 1. The number of carboxylic acids is 1. The minimum Gasteiger partial charge on any atom is -0.475 e. The molecule has 0 amide bonds. The van der Waals surface area contributed by atoms with Crippen LogP contribution in [0.15, 0.2) is 16.7 Å². The van der Waals surface area contributed by atoms with Crippen LogP contribution in [0.5, 0.6) is 0 Å². The fourth-order valence-corrected chi connectivity index (χ4v) is 2.20. The fourth-order valence-electron chi connectivity index (χ4n) is 2.20. The van der Waals surface area contributed by atoms with E-state index in [9.17, 15) is 13.6 Å². The van der Waals surface area contributed by atoms with Crippen molar-refractivity contribution >= 4 is 11.8 Å². The molecule has 2 aromatic rings. The predicted molar refractivity (Wildman–Crippen MR) is 69.8 cm³/mol. The first-order valence-corrected chi connectivity index (χ1v) is 6.58. The SMILES string of the molecule is O=C(O)c1nccc(NCc2nc3c(o2)CCC(F)(F)C3)n1. The maximum atomic E-state index is 13.3. The number of nitrogens with zero attached hydrogens (tertiary/aromatic N) is 3. The number of nitrogens with one attached hydrogen (secondary N) is 1. The lowest BCUT2D eigenvalue weighted by atomic mass is 9.98. The van der Waals surface area contributed by atoms with E-state index in [-0.39, 0.29) is 42.6 Å². The summed E-state index contributed by atoms with van der Waals surface area (Å²) in [6, 6.07) is 1.49. The number of oxazole rings is 1. The molecule has 1 aliphatic rings. The van der Waals surface area contributed by atoms with E-state index in [0.29, 0.717) is 5.76 Å². The van der Waals surface area contributed by atoms with E-state index in [1.54, 1.807) is 0 Å². The summed E-state index contributed by atoms with van der Waals surface area (Å²) < 4.78 is 32.0. The van der Waals surface area contributed by atoms with Crippen molar-refractivity contribution in [2.75, 3.05) is 5.32 Å². The summed E-state index contributed by atoms with van der Waals surface area (Å²) in [4.78, 5) is 22.2. The van der Waals surface area contributed by atoms with Crippen LogP contribution in [0.3, 0.4) is 0 Å². The summed E-state index contributed by atoms with van der Waals surface area (Å²) in [5, 5.41) is 11.6. The van der Waals surface area contributed by atoms with Gasteiger partial charge in [-0.05, 0) is 6.07 Å². The quantitative estimate of drug-likeness (QED) is 0.889. The number of fused-ring (bicyclic) bond motifs is 1. The zero-order valence-corrected chi connectivity index (χ0v) is 11.3. The van der Waals surface area contributed by atoms with Gasteiger partial charge in [0.2, 0.25) is 11.7 Å². The average Bonchev–Trinajstić information content (AvgIpc) is 2.86. The molecule has 2 heterocycles. The minimum atomic E-state index is -2.74. The van der Waals surface area contributed by atoms with Gasteiger partial charge in [-0.3, -0.25) is 0 Å². The Balaban J connectivity index is 1.69. The molecule has 9 heteroatoms. The number of aromatic nitrogens is 3. The van der Waals surface area contributed by atoms with E-state index >= 15 is 0 Å². The maximum absolute atomic E-state index is 13.3. The first-order chi connectivity index (χ1) is 10.4. The van der Waals surface area contributed by atoms with Gasteiger partial charge in [-0.1, -0.05) is 0 Å². The Labute approximate surface area is 123 Å². The number of aryl methyl sites for hydroxylation is 1. The third-order valence-corrected chi connectivity index (χ3v) is 3.23. The number of hydrogen-bond acceptors (Lipinski definition) is 6. The molecular weight excluding hydrogens is 298 g/mol. The van der Waals surface area contributed by atoms with Crippen LogP contribution in [0.2, 0.25) is 0 Å². The second-order valence-corrected chi connectivity index (χ2v) is 4.93.